The van der Waals surface area contributed by atoms with Crippen LogP contribution in [0.3, 0.4) is 0 Å². The van der Waals surface area contributed by atoms with Crippen LogP contribution in [0.5, 0.6) is 0 Å². The standard InChI is InChI=1S/C13H25Br/c1-3-5-6-7-8-9-11-13(12-14)10-4-2/h4,13H,2-3,5-12H2,1H3. The number of allylic oxidation sites excluding steroid dienone is 1. The van der Waals surface area contributed by atoms with E-state index in [0.717, 1.165) is 11.2 Å². The maximum atomic E-state index is 3.80. The van der Waals surface area contributed by atoms with Gasteiger partial charge in [-0.1, -0.05) is 67.5 Å². The maximum absolute atomic E-state index is 3.80. The molecule has 0 N–H and O–H groups in total. The van der Waals surface area contributed by atoms with Crippen LogP contribution in [0.15, 0.2) is 12.7 Å². The van der Waals surface area contributed by atoms with Crippen molar-refractivity contribution in [1.82, 2.24) is 0 Å². The lowest BCUT2D eigenvalue weighted by Gasteiger charge is -2.10. The first-order chi connectivity index (χ1) is 6.85. The second kappa shape index (κ2) is 11.3. The first-order valence-electron chi connectivity index (χ1n) is 6.02. The Bertz CT molecular complexity index is 120. The molecule has 0 amide bonds. The van der Waals surface area contributed by atoms with E-state index in [1.54, 1.807) is 0 Å². The van der Waals surface area contributed by atoms with Crippen LogP contribution in [-0.2, 0) is 0 Å². The summed E-state index contributed by atoms with van der Waals surface area (Å²) in [5.41, 5.74) is 0. The van der Waals surface area contributed by atoms with E-state index in [-0.39, 0.29) is 0 Å². The highest BCUT2D eigenvalue weighted by Gasteiger charge is 2.03. The average molecular weight is 261 g/mol. The molecule has 0 rings (SSSR count). The number of rotatable bonds is 10. The first-order valence-corrected chi connectivity index (χ1v) is 7.14. The Kier molecular flexibility index (Phi) is 11.5. The van der Waals surface area contributed by atoms with E-state index in [0.29, 0.717) is 0 Å². The van der Waals surface area contributed by atoms with Crippen molar-refractivity contribution in [3.63, 3.8) is 0 Å². The molecule has 0 saturated heterocycles. The van der Waals surface area contributed by atoms with Crippen molar-refractivity contribution >= 4 is 15.9 Å². The van der Waals surface area contributed by atoms with E-state index in [1.807, 2.05) is 6.08 Å². The van der Waals surface area contributed by atoms with Crippen molar-refractivity contribution in [2.75, 3.05) is 5.33 Å². The van der Waals surface area contributed by atoms with Gasteiger partial charge in [0.1, 0.15) is 0 Å². The number of hydrogen-bond donors (Lipinski definition) is 0. The Morgan fingerprint density at radius 3 is 2.36 bits per heavy atom. The quantitative estimate of drug-likeness (QED) is 0.283. The molecule has 0 spiro atoms. The summed E-state index contributed by atoms with van der Waals surface area (Å²) < 4.78 is 0. The number of halogens is 1. The number of hydrogen-bond acceptors (Lipinski definition) is 0. The highest BCUT2D eigenvalue weighted by molar-refractivity contribution is 9.09. The molecular weight excluding hydrogens is 236 g/mol. The smallest absolute Gasteiger partial charge is 0.00626 e. The second-order valence-electron chi connectivity index (χ2n) is 4.10. The Hall–Kier alpha value is 0.220. The summed E-state index contributed by atoms with van der Waals surface area (Å²) >= 11 is 3.56. The normalized spacial score (nSPS) is 12.7. The van der Waals surface area contributed by atoms with Gasteiger partial charge in [-0.2, -0.15) is 0 Å². The number of alkyl halides is 1. The molecule has 1 unspecified atom stereocenters. The summed E-state index contributed by atoms with van der Waals surface area (Å²) in [6, 6.07) is 0. The third-order valence-electron chi connectivity index (χ3n) is 2.68. The molecular formula is C13H25Br. The minimum atomic E-state index is 0.818. The largest absolute Gasteiger partial charge is 0.103 e. The summed E-state index contributed by atoms with van der Waals surface area (Å²) in [4.78, 5) is 0. The fourth-order valence-electron chi connectivity index (χ4n) is 1.71. The van der Waals surface area contributed by atoms with E-state index < -0.39 is 0 Å². The lowest BCUT2D eigenvalue weighted by atomic mass is 9.99. The summed E-state index contributed by atoms with van der Waals surface area (Å²) in [5.74, 6) is 0.818. The van der Waals surface area contributed by atoms with Gasteiger partial charge in [-0.25, -0.2) is 0 Å². The Labute approximate surface area is 98.3 Å². The zero-order valence-electron chi connectivity index (χ0n) is 9.60. The van der Waals surface area contributed by atoms with Gasteiger partial charge in [-0.3, -0.25) is 0 Å². The van der Waals surface area contributed by atoms with Crippen molar-refractivity contribution in [3.8, 4) is 0 Å². The lowest BCUT2D eigenvalue weighted by molar-refractivity contribution is 0.495. The lowest BCUT2D eigenvalue weighted by Crippen LogP contribution is -2.00. The second-order valence-corrected chi connectivity index (χ2v) is 4.75. The molecule has 0 fully saturated rings. The van der Waals surface area contributed by atoms with Crippen LogP contribution >= 0.6 is 15.9 Å². The Balaban J connectivity index is 3.19. The van der Waals surface area contributed by atoms with Crippen LogP contribution in [0.2, 0.25) is 0 Å². The van der Waals surface area contributed by atoms with Crippen LogP contribution < -0.4 is 0 Å². The molecule has 14 heavy (non-hydrogen) atoms. The van der Waals surface area contributed by atoms with Crippen molar-refractivity contribution in [2.45, 2.75) is 58.3 Å². The van der Waals surface area contributed by atoms with Crippen LogP contribution in [0.1, 0.15) is 58.3 Å². The summed E-state index contributed by atoms with van der Waals surface area (Å²) in [6.45, 7) is 6.07. The summed E-state index contributed by atoms with van der Waals surface area (Å²) in [6.07, 6.45) is 13.0. The minimum Gasteiger partial charge on any atom is -0.103 e. The van der Waals surface area contributed by atoms with E-state index in [1.165, 1.54) is 51.4 Å². The molecule has 0 heterocycles. The van der Waals surface area contributed by atoms with Crippen LogP contribution in [0.4, 0.5) is 0 Å². The van der Waals surface area contributed by atoms with Crippen molar-refractivity contribution in [3.05, 3.63) is 12.7 Å². The predicted octanol–water partition coefficient (Wildman–Crippen LogP) is 5.32. The summed E-state index contributed by atoms with van der Waals surface area (Å²) in [5, 5.41) is 1.13. The third kappa shape index (κ3) is 8.80. The molecule has 0 aromatic rings. The fraction of sp³-hybridized carbons (Fsp3) is 0.846. The van der Waals surface area contributed by atoms with Gasteiger partial charge < -0.3 is 0 Å². The average Bonchev–Trinajstić information content (AvgIpc) is 2.21. The third-order valence-corrected chi connectivity index (χ3v) is 3.60. The first kappa shape index (κ1) is 14.2. The minimum absolute atomic E-state index is 0.818. The summed E-state index contributed by atoms with van der Waals surface area (Å²) in [7, 11) is 0. The molecule has 0 aliphatic carbocycles. The van der Waals surface area contributed by atoms with Crippen LogP contribution in [0.25, 0.3) is 0 Å². The number of unbranched alkanes of at least 4 members (excludes halogenated alkanes) is 5. The van der Waals surface area contributed by atoms with Gasteiger partial charge in [0, 0.05) is 5.33 Å². The van der Waals surface area contributed by atoms with Crippen molar-refractivity contribution in [1.29, 1.82) is 0 Å². The molecule has 0 saturated carbocycles. The molecule has 0 aromatic heterocycles. The molecule has 84 valence electrons. The van der Waals surface area contributed by atoms with Crippen molar-refractivity contribution < 1.29 is 0 Å². The molecule has 0 aliphatic heterocycles. The Morgan fingerprint density at radius 2 is 1.79 bits per heavy atom. The molecule has 0 aromatic carbocycles. The topological polar surface area (TPSA) is 0 Å². The molecule has 0 radical (unpaired) electrons. The Morgan fingerprint density at radius 1 is 1.14 bits per heavy atom. The van der Waals surface area contributed by atoms with Gasteiger partial charge in [0.2, 0.25) is 0 Å². The van der Waals surface area contributed by atoms with Gasteiger partial charge in [0.05, 0.1) is 0 Å². The van der Waals surface area contributed by atoms with Gasteiger partial charge in [0.15, 0.2) is 0 Å². The van der Waals surface area contributed by atoms with Crippen molar-refractivity contribution in [2.24, 2.45) is 5.92 Å². The van der Waals surface area contributed by atoms with Gasteiger partial charge >= 0.3 is 0 Å². The zero-order chi connectivity index (χ0) is 10.6. The van der Waals surface area contributed by atoms with E-state index in [4.69, 9.17) is 0 Å². The molecule has 0 bridgehead atoms. The predicted molar refractivity (Wildman–Crippen MR) is 70.1 cm³/mol. The van der Waals surface area contributed by atoms with Crippen LogP contribution in [-0.4, -0.2) is 5.33 Å². The molecule has 0 nitrogen and oxygen atoms in total. The highest BCUT2D eigenvalue weighted by Crippen LogP contribution is 2.17. The van der Waals surface area contributed by atoms with Crippen LogP contribution in [0, 0.1) is 5.92 Å². The zero-order valence-corrected chi connectivity index (χ0v) is 11.2. The molecule has 1 heteroatoms. The van der Waals surface area contributed by atoms with E-state index >= 15 is 0 Å². The fourth-order valence-corrected chi connectivity index (χ4v) is 2.30. The van der Waals surface area contributed by atoms with Gasteiger partial charge in [-0.15, -0.1) is 6.58 Å². The molecule has 1 atom stereocenters. The SMILES string of the molecule is C=CCC(CBr)CCCCCCCC. The monoisotopic (exact) mass is 260 g/mol. The highest BCUT2D eigenvalue weighted by atomic mass is 79.9. The molecule has 0 aliphatic rings. The van der Waals surface area contributed by atoms with E-state index in [2.05, 4.69) is 29.4 Å². The van der Waals surface area contributed by atoms with E-state index in [9.17, 15) is 0 Å². The maximum Gasteiger partial charge on any atom is 0.00626 e. The van der Waals surface area contributed by atoms with Gasteiger partial charge in [0.25, 0.3) is 0 Å². The van der Waals surface area contributed by atoms with Gasteiger partial charge in [-0.05, 0) is 18.8 Å².